The number of carbonyl (C=O) groups excluding carboxylic acids is 1. The van der Waals surface area contributed by atoms with Crippen molar-refractivity contribution >= 4 is 16.9 Å². The van der Waals surface area contributed by atoms with Crippen molar-refractivity contribution in [2.45, 2.75) is 37.8 Å². The Morgan fingerprint density at radius 3 is 3.27 bits per heavy atom. The van der Waals surface area contributed by atoms with E-state index in [0.717, 1.165) is 25.0 Å². The molecule has 5 nitrogen and oxygen atoms in total. The van der Waals surface area contributed by atoms with E-state index in [1.807, 2.05) is 0 Å². The molecule has 6 heteroatoms. The number of nitrogens with one attached hydrogen (secondary N) is 2. The molecule has 2 heterocycles. The fourth-order valence-corrected chi connectivity index (χ4v) is 3.43. The van der Waals surface area contributed by atoms with Gasteiger partial charge in [0.2, 0.25) is 5.91 Å². The molecule has 1 saturated heterocycles. The molecule has 1 aliphatic heterocycles. The average Bonchev–Trinajstić information content (AvgIpc) is 3.05. The zero-order valence-corrected chi connectivity index (χ0v) is 12.1. The number of H-pyrrole nitrogens is 1. The number of amides is 1. The van der Waals surface area contributed by atoms with Gasteiger partial charge in [-0.3, -0.25) is 4.79 Å². The smallest absolute Gasteiger partial charge is 0.220 e. The van der Waals surface area contributed by atoms with Crippen LogP contribution in [0.25, 0.3) is 11.0 Å². The topological polar surface area (TPSA) is 67.0 Å². The maximum Gasteiger partial charge on any atom is 0.220 e. The minimum absolute atomic E-state index is 0.0435. The molecule has 0 bridgehead atoms. The Morgan fingerprint density at radius 1 is 1.50 bits per heavy atom. The van der Waals surface area contributed by atoms with E-state index in [0.29, 0.717) is 36.2 Å². The lowest BCUT2D eigenvalue weighted by Gasteiger charge is -2.39. The van der Waals surface area contributed by atoms with Crippen LogP contribution >= 0.6 is 0 Å². The molecular formula is C16H18FN3O2. The van der Waals surface area contributed by atoms with Crippen LogP contribution < -0.4 is 5.32 Å². The predicted molar refractivity (Wildman–Crippen MR) is 78.8 cm³/mol. The first kappa shape index (κ1) is 13.7. The number of hydrogen-bond donors (Lipinski definition) is 2. The van der Waals surface area contributed by atoms with E-state index in [1.54, 1.807) is 6.07 Å². The second-order valence-corrected chi connectivity index (χ2v) is 6.12. The summed E-state index contributed by atoms with van der Waals surface area (Å²) in [6.07, 6.45) is 3.25. The van der Waals surface area contributed by atoms with E-state index in [-0.39, 0.29) is 17.8 Å². The molecule has 0 spiro atoms. The lowest BCUT2D eigenvalue weighted by Crippen LogP contribution is -2.53. The van der Waals surface area contributed by atoms with Gasteiger partial charge in [-0.1, -0.05) is 0 Å². The monoisotopic (exact) mass is 303 g/mol. The summed E-state index contributed by atoms with van der Waals surface area (Å²) >= 11 is 0. The minimum Gasteiger partial charge on any atom is -0.378 e. The van der Waals surface area contributed by atoms with Gasteiger partial charge >= 0.3 is 0 Å². The van der Waals surface area contributed by atoms with Gasteiger partial charge in [0.05, 0.1) is 17.1 Å². The predicted octanol–water partition coefficient (Wildman–Crippen LogP) is 1.93. The van der Waals surface area contributed by atoms with Crippen LogP contribution in [0.3, 0.4) is 0 Å². The molecule has 3 atom stereocenters. The third-order valence-electron chi connectivity index (χ3n) is 4.69. The van der Waals surface area contributed by atoms with Gasteiger partial charge in [0.1, 0.15) is 11.6 Å². The summed E-state index contributed by atoms with van der Waals surface area (Å²) in [5, 5.41) is 3.08. The van der Waals surface area contributed by atoms with E-state index in [2.05, 4.69) is 15.3 Å². The molecule has 2 aliphatic rings. The van der Waals surface area contributed by atoms with Crippen molar-refractivity contribution in [1.82, 2.24) is 15.3 Å². The fourth-order valence-electron chi connectivity index (χ4n) is 3.43. The second-order valence-electron chi connectivity index (χ2n) is 6.12. The zero-order valence-electron chi connectivity index (χ0n) is 12.1. The molecule has 1 saturated carbocycles. The first-order chi connectivity index (χ1) is 10.7. The highest BCUT2D eigenvalue weighted by Crippen LogP contribution is 2.38. The highest BCUT2D eigenvalue weighted by atomic mass is 19.1. The van der Waals surface area contributed by atoms with Crippen molar-refractivity contribution < 1.29 is 13.9 Å². The Hall–Kier alpha value is -1.95. The van der Waals surface area contributed by atoms with Crippen LogP contribution in [0.5, 0.6) is 0 Å². The van der Waals surface area contributed by atoms with Crippen molar-refractivity contribution in [2.24, 2.45) is 5.92 Å². The van der Waals surface area contributed by atoms with E-state index in [1.165, 1.54) is 12.1 Å². The number of aryl methyl sites for hydroxylation is 1. The van der Waals surface area contributed by atoms with Crippen molar-refractivity contribution in [3.05, 3.63) is 29.8 Å². The maximum atomic E-state index is 13.1. The third kappa shape index (κ3) is 2.47. The molecule has 116 valence electrons. The van der Waals surface area contributed by atoms with Crippen molar-refractivity contribution in [2.75, 3.05) is 6.61 Å². The standard InChI is InChI=1S/C16H18FN3O2/c17-9-1-2-11-13(7-9)19-15(18-11)3-4-16(21)20-12-8-14-10(12)5-6-22-14/h1-2,7,10,12,14H,3-6,8H2,(H,18,19)(H,20,21)/t10-,12+,14+/m1/s1. The summed E-state index contributed by atoms with van der Waals surface area (Å²) in [6.45, 7) is 0.817. The summed E-state index contributed by atoms with van der Waals surface area (Å²) in [4.78, 5) is 19.5. The fraction of sp³-hybridized carbons (Fsp3) is 0.500. The van der Waals surface area contributed by atoms with Crippen LogP contribution in [0.2, 0.25) is 0 Å². The molecule has 0 radical (unpaired) electrons. The van der Waals surface area contributed by atoms with Gasteiger partial charge in [-0.25, -0.2) is 9.37 Å². The molecule has 1 aliphatic carbocycles. The molecule has 1 amide bonds. The largest absolute Gasteiger partial charge is 0.378 e. The van der Waals surface area contributed by atoms with Crippen LogP contribution in [-0.4, -0.2) is 34.6 Å². The molecule has 4 rings (SSSR count). The molecule has 2 N–H and O–H groups in total. The van der Waals surface area contributed by atoms with Gasteiger partial charge in [-0.15, -0.1) is 0 Å². The lowest BCUT2D eigenvalue weighted by atomic mass is 9.76. The summed E-state index contributed by atoms with van der Waals surface area (Å²) in [6, 6.07) is 4.71. The number of aromatic nitrogens is 2. The van der Waals surface area contributed by atoms with Gasteiger partial charge < -0.3 is 15.0 Å². The highest BCUT2D eigenvalue weighted by Gasteiger charge is 2.45. The Labute approximate surface area is 127 Å². The van der Waals surface area contributed by atoms with Gasteiger partial charge in [0.15, 0.2) is 0 Å². The molecule has 2 fully saturated rings. The number of ether oxygens (including phenoxy) is 1. The quantitative estimate of drug-likeness (QED) is 0.907. The maximum absolute atomic E-state index is 13.1. The van der Waals surface area contributed by atoms with Gasteiger partial charge in [-0.2, -0.15) is 0 Å². The number of rotatable bonds is 4. The summed E-state index contributed by atoms with van der Waals surface area (Å²) in [5.41, 5.74) is 1.39. The molecule has 1 aromatic heterocycles. The SMILES string of the molecule is O=C(CCc1nc2ccc(F)cc2[nH]1)N[C@H]1C[C@@H]2OCC[C@H]12. The van der Waals surface area contributed by atoms with Crippen LogP contribution in [0.15, 0.2) is 18.2 Å². The van der Waals surface area contributed by atoms with Crippen LogP contribution in [-0.2, 0) is 16.0 Å². The number of halogens is 1. The number of nitrogens with zero attached hydrogens (tertiary/aromatic N) is 1. The van der Waals surface area contributed by atoms with E-state index in [4.69, 9.17) is 4.74 Å². The van der Waals surface area contributed by atoms with Gasteiger partial charge in [0, 0.05) is 31.4 Å². The minimum atomic E-state index is -0.293. The molecule has 1 aromatic carbocycles. The molecule has 0 unspecified atom stereocenters. The Balaban J connectivity index is 1.32. The van der Waals surface area contributed by atoms with Crippen LogP contribution in [0.4, 0.5) is 4.39 Å². The molecule has 22 heavy (non-hydrogen) atoms. The second kappa shape index (κ2) is 5.35. The zero-order chi connectivity index (χ0) is 15.1. The first-order valence-electron chi connectivity index (χ1n) is 7.74. The highest BCUT2D eigenvalue weighted by molar-refractivity contribution is 5.77. The van der Waals surface area contributed by atoms with Gasteiger partial charge in [-0.05, 0) is 31.0 Å². The van der Waals surface area contributed by atoms with Crippen molar-refractivity contribution in [3.8, 4) is 0 Å². The number of carbonyl (C=O) groups is 1. The van der Waals surface area contributed by atoms with E-state index in [9.17, 15) is 9.18 Å². The lowest BCUT2D eigenvalue weighted by molar-refractivity contribution is -0.124. The summed E-state index contributed by atoms with van der Waals surface area (Å²) in [7, 11) is 0. The Morgan fingerprint density at radius 2 is 2.41 bits per heavy atom. The number of imidazole rings is 1. The normalized spacial score (nSPS) is 26.7. The Bertz CT molecular complexity index is 714. The van der Waals surface area contributed by atoms with Crippen molar-refractivity contribution in [3.63, 3.8) is 0 Å². The summed E-state index contributed by atoms with van der Waals surface area (Å²) < 4.78 is 18.7. The number of benzene rings is 1. The number of fused-ring (bicyclic) bond motifs is 2. The summed E-state index contributed by atoms with van der Waals surface area (Å²) in [5.74, 6) is 0.963. The van der Waals surface area contributed by atoms with E-state index >= 15 is 0 Å². The first-order valence-corrected chi connectivity index (χ1v) is 7.74. The average molecular weight is 303 g/mol. The van der Waals surface area contributed by atoms with E-state index < -0.39 is 0 Å². The Kier molecular flexibility index (Phi) is 3.33. The molecule has 2 aromatic rings. The number of hydrogen-bond acceptors (Lipinski definition) is 3. The van der Waals surface area contributed by atoms with Crippen LogP contribution in [0.1, 0.15) is 25.1 Å². The van der Waals surface area contributed by atoms with Crippen molar-refractivity contribution in [1.29, 1.82) is 0 Å². The van der Waals surface area contributed by atoms with Gasteiger partial charge in [0.25, 0.3) is 0 Å². The number of aromatic amines is 1. The third-order valence-corrected chi connectivity index (χ3v) is 4.69. The van der Waals surface area contributed by atoms with Crippen LogP contribution in [0, 0.1) is 11.7 Å². The molecular weight excluding hydrogens is 285 g/mol.